The van der Waals surface area contributed by atoms with Crippen LogP contribution >= 0.6 is 11.6 Å². The Labute approximate surface area is 145 Å². The lowest BCUT2D eigenvalue weighted by molar-refractivity contribution is 0.575. The van der Waals surface area contributed by atoms with Gasteiger partial charge in [-0.25, -0.2) is 0 Å². The van der Waals surface area contributed by atoms with E-state index in [1.54, 1.807) is 0 Å². The molecule has 4 rings (SSSR count). The molecule has 2 unspecified atom stereocenters. The summed E-state index contributed by atoms with van der Waals surface area (Å²) in [6.45, 7) is 6.11. The van der Waals surface area contributed by atoms with Gasteiger partial charge in [-0.3, -0.25) is 4.68 Å². The number of nitrogens with one attached hydrogen (secondary N) is 2. The minimum absolute atomic E-state index is 0.0940. The summed E-state index contributed by atoms with van der Waals surface area (Å²) in [5, 5.41) is 9.77. The zero-order valence-corrected chi connectivity index (χ0v) is 14.5. The van der Waals surface area contributed by atoms with E-state index in [2.05, 4.69) is 46.9 Å². The lowest BCUT2D eigenvalue weighted by Crippen LogP contribution is -2.29. The van der Waals surface area contributed by atoms with Gasteiger partial charge in [-0.05, 0) is 36.6 Å². The average Bonchev–Trinajstić information content (AvgIpc) is 2.92. The number of aromatic amines is 1. The van der Waals surface area contributed by atoms with E-state index in [4.69, 9.17) is 11.6 Å². The van der Waals surface area contributed by atoms with E-state index < -0.39 is 0 Å². The normalized spacial score (nSPS) is 22.4. The molecule has 122 valence electrons. The molecule has 2 heterocycles. The van der Waals surface area contributed by atoms with Crippen molar-refractivity contribution in [2.24, 2.45) is 13.0 Å². The van der Waals surface area contributed by atoms with E-state index in [-0.39, 0.29) is 5.54 Å². The van der Waals surface area contributed by atoms with Crippen molar-refractivity contribution in [3.05, 3.63) is 65.2 Å². The van der Waals surface area contributed by atoms with Crippen molar-refractivity contribution >= 4 is 28.2 Å². The summed E-state index contributed by atoms with van der Waals surface area (Å²) >= 11 is 6.09. The van der Waals surface area contributed by atoms with Crippen LogP contribution in [0.1, 0.15) is 24.6 Å². The molecule has 0 radical (unpaired) electrons. The van der Waals surface area contributed by atoms with E-state index in [0.29, 0.717) is 5.92 Å². The molecule has 1 saturated carbocycles. The Kier molecular flexibility index (Phi) is 3.34. The second-order valence-corrected chi connectivity index (χ2v) is 7.01. The number of hydrogen-bond donors (Lipinski definition) is 2. The van der Waals surface area contributed by atoms with Gasteiger partial charge in [0.1, 0.15) is 5.70 Å². The molecular formula is C19H19ClN4. The molecular weight excluding hydrogens is 320 g/mol. The van der Waals surface area contributed by atoms with Crippen LogP contribution in [-0.4, -0.2) is 14.8 Å². The molecule has 0 bridgehead atoms. The quantitative estimate of drug-likeness (QED) is 0.700. The van der Waals surface area contributed by atoms with Crippen molar-refractivity contribution in [3.8, 4) is 0 Å². The van der Waals surface area contributed by atoms with Crippen LogP contribution in [-0.2, 0) is 12.6 Å². The number of benzene rings is 1. The van der Waals surface area contributed by atoms with Gasteiger partial charge >= 0.3 is 0 Å². The van der Waals surface area contributed by atoms with Crippen LogP contribution in [0.15, 0.2) is 49.0 Å². The van der Waals surface area contributed by atoms with Gasteiger partial charge in [0.15, 0.2) is 0 Å². The highest BCUT2D eigenvalue weighted by atomic mass is 35.5. The molecule has 1 fully saturated rings. The summed E-state index contributed by atoms with van der Waals surface area (Å²) in [6.07, 6.45) is 5.07. The number of rotatable bonds is 4. The molecule has 0 aliphatic heterocycles. The molecule has 2 atom stereocenters. The van der Waals surface area contributed by atoms with Crippen LogP contribution in [0.5, 0.6) is 0 Å². The molecule has 4 nitrogen and oxygen atoms in total. The van der Waals surface area contributed by atoms with Gasteiger partial charge in [0.25, 0.3) is 0 Å². The van der Waals surface area contributed by atoms with Crippen molar-refractivity contribution < 1.29 is 0 Å². The fourth-order valence-corrected chi connectivity index (χ4v) is 3.57. The third kappa shape index (κ3) is 2.35. The second-order valence-electron chi connectivity index (χ2n) is 6.57. The van der Waals surface area contributed by atoms with E-state index in [9.17, 15) is 0 Å². The van der Waals surface area contributed by atoms with E-state index in [1.807, 2.05) is 36.1 Å². The summed E-state index contributed by atoms with van der Waals surface area (Å²) in [7, 11) is 1.94. The molecule has 0 saturated heterocycles. The Balaban J connectivity index is 1.70. The third-order valence-electron chi connectivity index (χ3n) is 4.91. The fraction of sp³-hybridized carbons (Fsp3) is 0.263. The SMILES string of the molecule is C=C=C(NC1(c2cnn(C)c2)CC1C)c1cc2cc(Cl)ccc2[nH]1. The van der Waals surface area contributed by atoms with Crippen LogP contribution in [0.25, 0.3) is 16.6 Å². The number of hydrogen-bond acceptors (Lipinski definition) is 2. The Bertz CT molecular complexity index is 976. The number of H-pyrrole nitrogens is 1. The summed E-state index contributed by atoms with van der Waals surface area (Å²) in [5.41, 5.74) is 7.03. The van der Waals surface area contributed by atoms with Crippen LogP contribution in [0, 0.1) is 5.92 Å². The number of aryl methyl sites for hydroxylation is 1. The Morgan fingerprint density at radius 1 is 1.50 bits per heavy atom. The van der Waals surface area contributed by atoms with E-state index in [1.165, 1.54) is 5.56 Å². The molecule has 1 aliphatic carbocycles. The Morgan fingerprint density at radius 2 is 2.29 bits per heavy atom. The fourth-order valence-electron chi connectivity index (χ4n) is 3.39. The topological polar surface area (TPSA) is 45.6 Å². The number of nitrogens with zero attached hydrogens (tertiary/aromatic N) is 2. The summed E-state index contributed by atoms with van der Waals surface area (Å²) in [6, 6.07) is 7.90. The Morgan fingerprint density at radius 3 is 2.92 bits per heavy atom. The first-order valence-corrected chi connectivity index (χ1v) is 8.35. The summed E-state index contributed by atoms with van der Waals surface area (Å²) < 4.78 is 1.84. The molecule has 1 aliphatic rings. The highest BCUT2D eigenvalue weighted by Gasteiger charge is 2.53. The predicted molar refractivity (Wildman–Crippen MR) is 97.7 cm³/mol. The van der Waals surface area contributed by atoms with Crippen molar-refractivity contribution in [1.82, 2.24) is 20.1 Å². The first-order chi connectivity index (χ1) is 11.5. The smallest absolute Gasteiger partial charge is 0.101 e. The molecule has 5 heteroatoms. The summed E-state index contributed by atoms with van der Waals surface area (Å²) in [5.74, 6) is 0.531. The van der Waals surface area contributed by atoms with Crippen molar-refractivity contribution in [2.75, 3.05) is 0 Å². The molecule has 2 aromatic heterocycles. The maximum absolute atomic E-state index is 6.09. The molecule has 1 aromatic carbocycles. The zero-order chi connectivity index (χ0) is 16.9. The maximum Gasteiger partial charge on any atom is 0.101 e. The Hall–Kier alpha value is -2.42. The lowest BCUT2D eigenvalue weighted by atomic mass is 10.1. The van der Waals surface area contributed by atoms with Crippen LogP contribution in [0.2, 0.25) is 5.02 Å². The van der Waals surface area contributed by atoms with Gasteiger partial charge in [0.2, 0.25) is 0 Å². The maximum atomic E-state index is 6.09. The lowest BCUT2D eigenvalue weighted by Gasteiger charge is -2.19. The van der Waals surface area contributed by atoms with Gasteiger partial charge in [0.05, 0.1) is 17.4 Å². The van der Waals surface area contributed by atoms with Gasteiger partial charge in [-0.15, -0.1) is 5.73 Å². The van der Waals surface area contributed by atoms with E-state index >= 15 is 0 Å². The van der Waals surface area contributed by atoms with Crippen molar-refractivity contribution in [2.45, 2.75) is 18.9 Å². The predicted octanol–water partition coefficient (Wildman–Crippen LogP) is 4.21. The largest absolute Gasteiger partial charge is 0.367 e. The highest BCUT2D eigenvalue weighted by Crippen LogP contribution is 2.52. The molecule has 3 aromatic rings. The van der Waals surface area contributed by atoms with Gasteiger partial charge < -0.3 is 10.3 Å². The van der Waals surface area contributed by atoms with Gasteiger partial charge in [-0.2, -0.15) is 5.10 Å². The molecule has 2 N–H and O–H groups in total. The number of fused-ring (bicyclic) bond motifs is 1. The third-order valence-corrected chi connectivity index (χ3v) is 5.14. The van der Waals surface area contributed by atoms with Gasteiger partial charge in [-0.1, -0.05) is 25.1 Å². The first kappa shape index (κ1) is 15.1. The first-order valence-electron chi connectivity index (χ1n) is 7.98. The number of aromatic nitrogens is 3. The van der Waals surface area contributed by atoms with Crippen LogP contribution < -0.4 is 5.32 Å². The van der Waals surface area contributed by atoms with Crippen LogP contribution in [0.3, 0.4) is 0 Å². The zero-order valence-electron chi connectivity index (χ0n) is 13.7. The number of halogens is 1. The standard InChI is InChI=1S/C19H19ClN4/c1-4-16(18-8-13-7-15(20)5-6-17(13)22-18)23-19(9-12(19)2)14-10-21-24(3)11-14/h5-8,10-12,22-23H,1,9H2,2-3H3. The van der Waals surface area contributed by atoms with Gasteiger partial charge in [0, 0.05) is 34.7 Å². The van der Waals surface area contributed by atoms with Crippen LogP contribution in [0.4, 0.5) is 0 Å². The average molecular weight is 339 g/mol. The second kappa shape index (κ2) is 5.30. The highest BCUT2D eigenvalue weighted by molar-refractivity contribution is 6.31. The molecule has 0 amide bonds. The molecule has 24 heavy (non-hydrogen) atoms. The molecule has 0 spiro atoms. The monoisotopic (exact) mass is 338 g/mol. The minimum Gasteiger partial charge on any atom is -0.367 e. The minimum atomic E-state index is -0.0940. The van der Waals surface area contributed by atoms with E-state index in [0.717, 1.165) is 33.7 Å². The van der Waals surface area contributed by atoms with Crippen molar-refractivity contribution in [3.63, 3.8) is 0 Å². The summed E-state index contributed by atoms with van der Waals surface area (Å²) in [4.78, 5) is 3.41. The van der Waals surface area contributed by atoms with Crippen molar-refractivity contribution in [1.29, 1.82) is 0 Å².